The van der Waals surface area contributed by atoms with Crippen LogP contribution in [0.3, 0.4) is 0 Å². The molecule has 128 valence electrons. The third-order valence-corrected chi connectivity index (χ3v) is 2.91. The van der Waals surface area contributed by atoms with Crippen molar-refractivity contribution in [1.82, 2.24) is 10.6 Å². The summed E-state index contributed by atoms with van der Waals surface area (Å²) in [5.41, 5.74) is 10.6. The van der Waals surface area contributed by atoms with E-state index in [1.165, 1.54) is 0 Å². The molecule has 0 aliphatic rings. The van der Waals surface area contributed by atoms with Crippen molar-refractivity contribution in [3.63, 3.8) is 0 Å². The van der Waals surface area contributed by atoms with Gasteiger partial charge in [0.2, 0.25) is 11.8 Å². The van der Waals surface area contributed by atoms with Crippen molar-refractivity contribution in [2.75, 3.05) is 19.8 Å². The van der Waals surface area contributed by atoms with E-state index in [0.29, 0.717) is 19.4 Å². The van der Waals surface area contributed by atoms with Crippen molar-refractivity contribution in [1.29, 1.82) is 0 Å². The van der Waals surface area contributed by atoms with E-state index < -0.39 is 49.1 Å². The van der Waals surface area contributed by atoms with Crippen LogP contribution in [-0.4, -0.2) is 71.0 Å². The minimum atomic E-state index is -1.35. The third kappa shape index (κ3) is 7.31. The van der Waals surface area contributed by atoms with Crippen LogP contribution in [0.2, 0.25) is 0 Å². The molecule has 22 heavy (non-hydrogen) atoms. The van der Waals surface area contributed by atoms with Crippen LogP contribution in [0, 0.1) is 0 Å². The predicted molar refractivity (Wildman–Crippen MR) is 76.5 cm³/mol. The average Bonchev–Trinajstić information content (AvgIpc) is 2.50. The molecular weight excluding hydrogens is 296 g/mol. The summed E-state index contributed by atoms with van der Waals surface area (Å²) < 4.78 is 0. The molecule has 10 heteroatoms. The van der Waals surface area contributed by atoms with Gasteiger partial charge in [0, 0.05) is 0 Å². The number of aliphatic hydroxyl groups excluding tert-OH is 2. The molecule has 0 aliphatic carbocycles. The van der Waals surface area contributed by atoms with E-state index >= 15 is 0 Å². The first-order valence-corrected chi connectivity index (χ1v) is 6.88. The second-order valence-electron chi connectivity index (χ2n) is 4.72. The number of aliphatic hydroxyl groups is 2. The zero-order valence-corrected chi connectivity index (χ0v) is 12.2. The predicted octanol–water partition coefficient (Wildman–Crippen LogP) is -3.52. The molecule has 0 saturated carbocycles. The molecule has 2 amide bonds. The largest absolute Gasteiger partial charge is 0.480 e. The number of rotatable bonds is 11. The highest BCUT2D eigenvalue weighted by molar-refractivity contribution is 5.91. The Hall–Kier alpha value is -1.75. The fourth-order valence-electron chi connectivity index (χ4n) is 1.58. The van der Waals surface area contributed by atoms with Crippen molar-refractivity contribution in [3.05, 3.63) is 0 Å². The lowest BCUT2D eigenvalue weighted by molar-refractivity contribution is -0.142. The van der Waals surface area contributed by atoms with Gasteiger partial charge in [-0.3, -0.25) is 9.59 Å². The molecule has 3 unspecified atom stereocenters. The van der Waals surface area contributed by atoms with E-state index in [2.05, 4.69) is 10.6 Å². The molecule has 0 aromatic carbocycles. The van der Waals surface area contributed by atoms with Crippen molar-refractivity contribution in [2.24, 2.45) is 11.5 Å². The number of nitrogens with one attached hydrogen (secondary N) is 2. The molecule has 9 N–H and O–H groups in total. The summed E-state index contributed by atoms with van der Waals surface area (Å²) in [5.74, 6) is -2.90. The Labute approximate surface area is 127 Å². The van der Waals surface area contributed by atoms with E-state index in [1.807, 2.05) is 0 Å². The lowest BCUT2D eigenvalue weighted by atomic mass is 10.1. The monoisotopic (exact) mass is 320 g/mol. The molecular formula is C12H24N4O6. The SMILES string of the molecule is NCCCCC(NC(=O)C(CO)NC(=O)C(N)CO)C(=O)O. The summed E-state index contributed by atoms with van der Waals surface area (Å²) in [7, 11) is 0. The smallest absolute Gasteiger partial charge is 0.326 e. The van der Waals surface area contributed by atoms with Gasteiger partial charge in [-0.25, -0.2) is 4.79 Å². The summed E-state index contributed by atoms with van der Waals surface area (Å²) >= 11 is 0. The standard InChI is InChI=1S/C12H24N4O6/c13-4-2-1-3-8(12(21)22)15-11(20)9(6-18)16-10(19)7(14)5-17/h7-9,17-18H,1-6,13-14H2,(H,15,20)(H,16,19)(H,21,22). The third-order valence-electron chi connectivity index (χ3n) is 2.91. The zero-order chi connectivity index (χ0) is 17.1. The van der Waals surface area contributed by atoms with Gasteiger partial charge < -0.3 is 37.4 Å². The Morgan fingerprint density at radius 2 is 1.55 bits per heavy atom. The topological polar surface area (TPSA) is 188 Å². The number of carbonyl (C=O) groups excluding carboxylic acids is 2. The van der Waals surface area contributed by atoms with E-state index in [1.54, 1.807) is 0 Å². The van der Waals surface area contributed by atoms with Gasteiger partial charge in [-0.05, 0) is 25.8 Å². The second kappa shape index (κ2) is 10.9. The van der Waals surface area contributed by atoms with E-state index in [4.69, 9.17) is 26.8 Å². The van der Waals surface area contributed by atoms with Crippen molar-refractivity contribution in [2.45, 2.75) is 37.4 Å². The molecule has 0 spiro atoms. The maximum Gasteiger partial charge on any atom is 0.326 e. The van der Waals surface area contributed by atoms with Crippen molar-refractivity contribution < 1.29 is 29.7 Å². The number of nitrogens with two attached hydrogens (primary N) is 2. The van der Waals surface area contributed by atoms with Crippen LogP contribution in [0.1, 0.15) is 19.3 Å². The molecule has 0 bridgehead atoms. The van der Waals surface area contributed by atoms with Gasteiger partial charge in [-0.15, -0.1) is 0 Å². The molecule has 0 radical (unpaired) electrons. The van der Waals surface area contributed by atoms with Crippen LogP contribution in [0.4, 0.5) is 0 Å². The maximum atomic E-state index is 11.9. The summed E-state index contributed by atoms with van der Waals surface area (Å²) in [6, 6.07) is -3.72. The number of carboxylic acid groups (broad SMARTS) is 1. The maximum absolute atomic E-state index is 11.9. The summed E-state index contributed by atoms with van der Waals surface area (Å²) in [4.78, 5) is 34.4. The zero-order valence-electron chi connectivity index (χ0n) is 12.2. The molecule has 3 atom stereocenters. The van der Waals surface area contributed by atoms with Gasteiger partial charge in [0.15, 0.2) is 0 Å². The Balaban J connectivity index is 4.60. The summed E-state index contributed by atoms with van der Waals surface area (Å²) in [6.07, 6.45) is 1.31. The van der Waals surface area contributed by atoms with Gasteiger partial charge in [-0.2, -0.15) is 0 Å². The van der Waals surface area contributed by atoms with Gasteiger partial charge in [0.25, 0.3) is 0 Å². The first-order valence-electron chi connectivity index (χ1n) is 6.88. The summed E-state index contributed by atoms with van der Waals surface area (Å²) in [5, 5.41) is 31.3. The van der Waals surface area contributed by atoms with E-state index in [0.717, 1.165) is 0 Å². The van der Waals surface area contributed by atoms with Crippen molar-refractivity contribution in [3.8, 4) is 0 Å². The highest BCUT2D eigenvalue weighted by atomic mass is 16.4. The normalized spacial score (nSPS) is 14.7. The number of unbranched alkanes of at least 4 members (excludes halogenated alkanes) is 1. The second-order valence-corrected chi connectivity index (χ2v) is 4.72. The van der Waals surface area contributed by atoms with E-state index in [-0.39, 0.29) is 6.42 Å². The first kappa shape index (κ1) is 20.2. The number of hydrogen-bond donors (Lipinski definition) is 7. The fourth-order valence-corrected chi connectivity index (χ4v) is 1.58. The summed E-state index contributed by atoms with van der Waals surface area (Å²) in [6.45, 7) is -0.943. The van der Waals surface area contributed by atoms with Crippen LogP contribution in [0.5, 0.6) is 0 Å². The molecule has 0 aromatic heterocycles. The van der Waals surface area contributed by atoms with E-state index in [9.17, 15) is 14.4 Å². The Bertz CT molecular complexity index is 379. The van der Waals surface area contributed by atoms with Crippen LogP contribution < -0.4 is 22.1 Å². The molecule has 10 nitrogen and oxygen atoms in total. The molecule has 0 aromatic rings. The van der Waals surface area contributed by atoms with Crippen LogP contribution in [0.25, 0.3) is 0 Å². The number of aliphatic carboxylic acids is 1. The highest BCUT2D eigenvalue weighted by Gasteiger charge is 2.27. The number of carboxylic acids is 1. The lowest BCUT2D eigenvalue weighted by Crippen LogP contribution is -2.56. The van der Waals surface area contributed by atoms with Gasteiger partial charge in [0.1, 0.15) is 18.1 Å². The Morgan fingerprint density at radius 1 is 0.955 bits per heavy atom. The van der Waals surface area contributed by atoms with Gasteiger partial charge in [-0.1, -0.05) is 0 Å². The average molecular weight is 320 g/mol. The first-order chi connectivity index (χ1) is 10.4. The quantitative estimate of drug-likeness (QED) is 0.191. The van der Waals surface area contributed by atoms with Crippen LogP contribution >= 0.6 is 0 Å². The minimum Gasteiger partial charge on any atom is -0.480 e. The van der Waals surface area contributed by atoms with Crippen LogP contribution in [0.15, 0.2) is 0 Å². The fraction of sp³-hybridized carbons (Fsp3) is 0.750. The molecule has 0 heterocycles. The molecule has 0 saturated heterocycles. The Morgan fingerprint density at radius 3 is 2.00 bits per heavy atom. The molecule has 0 aliphatic heterocycles. The number of hydrogen-bond acceptors (Lipinski definition) is 7. The Kier molecular flexibility index (Phi) is 10.0. The van der Waals surface area contributed by atoms with Gasteiger partial charge in [0.05, 0.1) is 13.2 Å². The molecule has 0 fully saturated rings. The number of amides is 2. The van der Waals surface area contributed by atoms with Crippen molar-refractivity contribution >= 4 is 17.8 Å². The lowest BCUT2D eigenvalue weighted by Gasteiger charge is -2.21. The van der Waals surface area contributed by atoms with Crippen LogP contribution in [-0.2, 0) is 14.4 Å². The minimum absolute atomic E-state index is 0.181. The highest BCUT2D eigenvalue weighted by Crippen LogP contribution is 2.01. The van der Waals surface area contributed by atoms with Gasteiger partial charge >= 0.3 is 5.97 Å². The molecule has 0 rings (SSSR count). The number of carbonyl (C=O) groups is 3.